The van der Waals surface area contributed by atoms with Gasteiger partial charge >= 0.3 is 0 Å². The zero-order valence-electron chi connectivity index (χ0n) is 11.3. The van der Waals surface area contributed by atoms with Crippen LogP contribution in [0.4, 0.5) is 5.69 Å². The summed E-state index contributed by atoms with van der Waals surface area (Å²) in [5.74, 6) is 0.137. The predicted molar refractivity (Wildman–Crippen MR) is 81.5 cm³/mol. The molecule has 1 heterocycles. The number of benzene rings is 1. The normalized spacial score (nSPS) is 15.5. The first-order chi connectivity index (χ1) is 8.99. The van der Waals surface area contributed by atoms with E-state index in [9.17, 15) is 4.79 Å². The Labute approximate surface area is 119 Å². The number of carbonyl (C=O) groups is 1. The second-order valence-electron chi connectivity index (χ2n) is 4.88. The zero-order valence-corrected chi connectivity index (χ0v) is 12.2. The third-order valence-corrected chi connectivity index (χ3v) is 3.70. The molecule has 0 bridgehead atoms. The van der Waals surface area contributed by atoms with Crippen LogP contribution in [-0.4, -0.2) is 42.0 Å². The van der Waals surface area contributed by atoms with Crippen LogP contribution >= 0.6 is 12.2 Å². The lowest BCUT2D eigenvalue weighted by atomic mass is 10.1. The number of hydrogen-bond acceptors (Lipinski definition) is 3. The van der Waals surface area contributed by atoms with Crippen LogP contribution in [-0.2, 0) is 4.79 Å². The maximum absolute atomic E-state index is 11.3. The molecule has 0 aromatic heterocycles. The predicted octanol–water partition coefficient (Wildman–Crippen LogP) is 1.30. The van der Waals surface area contributed by atoms with Crippen molar-refractivity contribution in [1.82, 2.24) is 4.90 Å². The molecular formula is C14H19N3OS. The van der Waals surface area contributed by atoms with Crippen molar-refractivity contribution in [3.05, 3.63) is 29.3 Å². The molecule has 0 radical (unpaired) electrons. The van der Waals surface area contributed by atoms with E-state index in [1.165, 1.54) is 0 Å². The van der Waals surface area contributed by atoms with Crippen LogP contribution < -0.4 is 10.6 Å². The van der Waals surface area contributed by atoms with Crippen molar-refractivity contribution in [2.24, 2.45) is 5.73 Å². The van der Waals surface area contributed by atoms with Gasteiger partial charge in [0.2, 0.25) is 5.91 Å². The first-order valence-corrected chi connectivity index (χ1v) is 6.81. The third-order valence-electron chi connectivity index (χ3n) is 3.48. The quantitative estimate of drug-likeness (QED) is 0.828. The standard InChI is InChI=1S/C14H19N3OS/c1-10-3-4-13(12(9-10)14(15)19)17-7-5-16(6-8-17)11(2)18/h3-4,9H,5-8H2,1-2H3,(H2,15,19). The van der Waals surface area contributed by atoms with Gasteiger partial charge in [-0.1, -0.05) is 23.8 Å². The maximum atomic E-state index is 11.3. The largest absolute Gasteiger partial charge is 0.389 e. The Morgan fingerprint density at radius 3 is 2.42 bits per heavy atom. The Morgan fingerprint density at radius 2 is 1.89 bits per heavy atom. The van der Waals surface area contributed by atoms with Gasteiger partial charge in [0.05, 0.1) is 0 Å². The van der Waals surface area contributed by atoms with Gasteiger partial charge in [-0.25, -0.2) is 0 Å². The number of amides is 1. The van der Waals surface area contributed by atoms with Gasteiger partial charge in [0.15, 0.2) is 0 Å². The number of anilines is 1. The number of piperazine rings is 1. The van der Waals surface area contributed by atoms with E-state index in [1.54, 1.807) is 6.92 Å². The van der Waals surface area contributed by atoms with Crippen molar-refractivity contribution in [1.29, 1.82) is 0 Å². The highest BCUT2D eigenvalue weighted by atomic mass is 32.1. The van der Waals surface area contributed by atoms with Crippen molar-refractivity contribution in [2.45, 2.75) is 13.8 Å². The number of rotatable bonds is 2. The van der Waals surface area contributed by atoms with Gasteiger partial charge in [0.1, 0.15) is 4.99 Å². The number of nitrogens with zero attached hydrogens (tertiary/aromatic N) is 2. The summed E-state index contributed by atoms with van der Waals surface area (Å²) in [6.07, 6.45) is 0. The molecule has 4 nitrogen and oxygen atoms in total. The highest BCUT2D eigenvalue weighted by Gasteiger charge is 2.21. The second kappa shape index (κ2) is 5.57. The summed E-state index contributed by atoms with van der Waals surface area (Å²) in [7, 11) is 0. The van der Waals surface area contributed by atoms with Gasteiger partial charge in [0.25, 0.3) is 0 Å². The second-order valence-corrected chi connectivity index (χ2v) is 5.32. The van der Waals surface area contributed by atoms with Crippen LogP contribution in [0.5, 0.6) is 0 Å². The van der Waals surface area contributed by atoms with Gasteiger partial charge in [0, 0.05) is 44.4 Å². The number of carbonyl (C=O) groups excluding carboxylic acids is 1. The zero-order chi connectivity index (χ0) is 14.0. The molecule has 1 aliphatic rings. The van der Waals surface area contributed by atoms with Crippen molar-refractivity contribution in [2.75, 3.05) is 31.1 Å². The Balaban J connectivity index is 2.20. The molecule has 102 valence electrons. The van der Waals surface area contributed by atoms with Crippen molar-refractivity contribution < 1.29 is 4.79 Å². The minimum atomic E-state index is 0.137. The van der Waals surface area contributed by atoms with E-state index in [4.69, 9.17) is 18.0 Å². The molecule has 5 heteroatoms. The molecule has 1 saturated heterocycles. The minimum absolute atomic E-state index is 0.137. The molecule has 1 amide bonds. The highest BCUT2D eigenvalue weighted by Crippen LogP contribution is 2.23. The highest BCUT2D eigenvalue weighted by molar-refractivity contribution is 7.80. The van der Waals surface area contributed by atoms with E-state index in [0.29, 0.717) is 4.99 Å². The van der Waals surface area contributed by atoms with Gasteiger partial charge in [-0.3, -0.25) is 4.79 Å². The summed E-state index contributed by atoms with van der Waals surface area (Å²) in [6, 6.07) is 6.15. The van der Waals surface area contributed by atoms with Crippen molar-refractivity contribution >= 4 is 28.8 Å². The van der Waals surface area contributed by atoms with Crippen LogP contribution in [0, 0.1) is 6.92 Å². The summed E-state index contributed by atoms with van der Waals surface area (Å²) < 4.78 is 0. The molecule has 1 aromatic carbocycles. The Bertz CT molecular complexity index is 507. The van der Waals surface area contributed by atoms with E-state index < -0.39 is 0 Å². The average molecular weight is 277 g/mol. The fourth-order valence-corrected chi connectivity index (χ4v) is 2.55. The molecular weight excluding hydrogens is 258 g/mol. The maximum Gasteiger partial charge on any atom is 0.219 e. The van der Waals surface area contributed by atoms with E-state index in [-0.39, 0.29) is 5.91 Å². The van der Waals surface area contributed by atoms with E-state index in [1.807, 2.05) is 17.9 Å². The lowest BCUT2D eigenvalue weighted by molar-refractivity contribution is -0.129. The first-order valence-electron chi connectivity index (χ1n) is 6.40. The topological polar surface area (TPSA) is 49.6 Å². The number of nitrogens with two attached hydrogens (primary N) is 1. The number of hydrogen-bond donors (Lipinski definition) is 1. The smallest absolute Gasteiger partial charge is 0.219 e. The fourth-order valence-electron chi connectivity index (χ4n) is 2.39. The summed E-state index contributed by atoms with van der Waals surface area (Å²) in [6.45, 7) is 6.78. The molecule has 0 unspecified atom stereocenters. The summed E-state index contributed by atoms with van der Waals surface area (Å²) >= 11 is 5.13. The van der Waals surface area contributed by atoms with Gasteiger partial charge in [-0.05, 0) is 19.1 Å². The van der Waals surface area contributed by atoms with E-state index >= 15 is 0 Å². The van der Waals surface area contributed by atoms with Crippen molar-refractivity contribution in [3.63, 3.8) is 0 Å². The first kappa shape index (κ1) is 13.8. The molecule has 1 fully saturated rings. The van der Waals surface area contributed by atoms with E-state index in [0.717, 1.165) is 43.0 Å². The molecule has 2 rings (SSSR count). The Kier molecular flexibility index (Phi) is 4.04. The average Bonchev–Trinajstić information content (AvgIpc) is 2.38. The van der Waals surface area contributed by atoms with Crippen LogP contribution in [0.2, 0.25) is 0 Å². The number of aryl methyl sites for hydroxylation is 1. The summed E-state index contributed by atoms with van der Waals surface area (Å²) in [5.41, 5.74) is 8.95. The third kappa shape index (κ3) is 3.04. The van der Waals surface area contributed by atoms with Crippen LogP contribution in [0.25, 0.3) is 0 Å². The summed E-state index contributed by atoms with van der Waals surface area (Å²) in [5, 5.41) is 0. The molecule has 1 aliphatic heterocycles. The monoisotopic (exact) mass is 277 g/mol. The van der Waals surface area contributed by atoms with Crippen molar-refractivity contribution in [3.8, 4) is 0 Å². The van der Waals surface area contributed by atoms with Gasteiger partial charge in [-0.2, -0.15) is 0 Å². The van der Waals surface area contributed by atoms with Gasteiger partial charge < -0.3 is 15.5 Å². The molecule has 0 atom stereocenters. The lowest BCUT2D eigenvalue weighted by Crippen LogP contribution is -2.48. The molecule has 1 aromatic rings. The molecule has 0 spiro atoms. The molecule has 0 saturated carbocycles. The Hall–Kier alpha value is -1.62. The minimum Gasteiger partial charge on any atom is -0.389 e. The number of thiocarbonyl (C=S) groups is 1. The Morgan fingerprint density at radius 1 is 1.26 bits per heavy atom. The summed E-state index contributed by atoms with van der Waals surface area (Å²) in [4.78, 5) is 15.9. The molecule has 19 heavy (non-hydrogen) atoms. The van der Waals surface area contributed by atoms with Crippen LogP contribution in [0.1, 0.15) is 18.1 Å². The molecule has 2 N–H and O–H groups in total. The SMILES string of the molecule is CC(=O)N1CCN(c2ccc(C)cc2C(N)=S)CC1. The van der Waals surface area contributed by atoms with Gasteiger partial charge in [-0.15, -0.1) is 0 Å². The van der Waals surface area contributed by atoms with Crippen LogP contribution in [0.3, 0.4) is 0 Å². The van der Waals surface area contributed by atoms with Crippen LogP contribution in [0.15, 0.2) is 18.2 Å². The van der Waals surface area contributed by atoms with E-state index in [2.05, 4.69) is 17.0 Å². The molecule has 0 aliphatic carbocycles. The fraction of sp³-hybridized carbons (Fsp3) is 0.429. The lowest BCUT2D eigenvalue weighted by Gasteiger charge is -2.36.